The van der Waals surface area contributed by atoms with Crippen LogP contribution in [0.1, 0.15) is 23.5 Å². The van der Waals surface area contributed by atoms with E-state index in [2.05, 4.69) is 10.6 Å². The molecule has 0 spiro atoms. The van der Waals surface area contributed by atoms with Gasteiger partial charge >= 0.3 is 6.18 Å². The first-order chi connectivity index (χ1) is 8.02. The number of rotatable bonds is 3. The van der Waals surface area contributed by atoms with Crippen molar-refractivity contribution in [2.24, 2.45) is 0 Å². The Morgan fingerprint density at radius 2 is 2.18 bits per heavy atom. The summed E-state index contributed by atoms with van der Waals surface area (Å²) in [5.74, 6) is 0.166. The summed E-state index contributed by atoms with van der Waals surface area (Å²) >= 11 is 0. The van der Waals surface area contributed by atoms with Gasteiger partial charge in [-0.2, -0.15) is 13.2 Å². The van der Waals surface area contributed by atoms with Crippen LogP contribution in [0.2, 0.25) is 0 Å². The molecule has 1 aromatic rings. The van der Waals surface area contributed by atoms with Gasteiger partial charge in [-0.25, -0.2) is 0 Å². The third-order valence-electron chi connectivity index (χ3n) is 3.10. The van der Waals surface area contributed by atoms with E-state index in [9.17, 15) is 13.2 Å². The van der Waals surface area contributed by atoms with Crippen LogP contribution in [0.3, 0.4) is 0 Å². The topological polar surface area (TPSA) is 24.1 Å². The molecule has 1 heterocycles. The fourth-order valence-corrected chi connectivity index (χ4v) is 2.16. The van der Waals surface area contributed by atoms with E-state index in [-0.39, 0.29) is 5.92 Å². The van der Waals surface area contributed by atoms with Gasteiger partial charge in [0.1, 0.15) is 0 Å². The highest BCUT2D eigenvalue weighted by molar-refractivity contribution is 5.59. The first-order valence-electron chi connectivity index (χ1n) is 5.62. The maximum atomic E-state index is 12.6. The predicted molar refractivity (Wildman–Crippen MR) is 61.2 cm³/mol. The Kier molecular flexibility index (Phi) is 3.28. The van der Waals surface area contributed by atoms with Gasteiger partial charge in [-0.05, 0) is 43.8 Å². The van der Waals surface area contributed by atoms with Crippen molar-refractivity contribution in [2.75, 3.05) is 25.5 Å². The highest BCUT2D eigenvalue weighted by Crippen LogP contribution is 2.38. The van der Waals surface area contributed by atoms with Crippen molar-refractivity contribution in [1.29, 1.82) is 0 Å². The van der Waals surface area contributed by atoms with Crippen LogP contribution in [0.4, 0.5) is 18.9 Å². The van der Waals surface area contributed by atoms with Crippen molar-refractivity contribution < 1.29 is 13.2 Å². The minimum Gasteiger partial charge on any atom is -0.384 e. The number of halogens is 3. The third-order valence-corrected chi connectivity index (χ3v) is 3.10. The molecule has 2 rings (SSSR count). The Hall–Kier alpha value is -1.23. The molecule has 0 fully saturated rings. The van der Waals surface area contributed by atoms with Crippen LogP contribution in [-0.2, 0) is 6.18 Å². The summed E-state index contributed by atoms with van der Waals surface area (Å²) in [5, 5.41) is 6.16. The Morgan fingerprint density at radius 1 is 1.41 bits per heavy atom. The molecule has 0 radical (unpaired) electrons. The minimum atomic E-state index is -4.26. The average molecular weight is 244 g/mol. The molecule has 1 unspecified atom stereocenters. The van der Waals surface area contributed by atoms with Crippen molar-refractivity contribution in [1.82, 2.24) is 5.32 Å². The molecule has 1 atom stereocenters. The summed E-state index contributed by atoms with van der Waals surface area (Å²) in [4.78, 5) is 0. The summed E-state index contributed by atoms with van der Waals surface area (Å²) in [7, 11) is 1.84. The van der Waals surface area contributed by atoms with E-state index < -0.39 is 11.7 Å². The summed E-state index contributed by atoms with van der Waals surface area (Å²) in [6.45, 7) is 1.53. The lowest BCUT2D eigenvalue weighted by Gasteiger charge is -2.12. The van der Waals surface area contributed by atoms with Gasteiger partial charge in [-0.1, -0.05) is 0 Å². The van der Waals surface area contributed by atoms with Crippen LogP contribution in [0.5, 0.6) is 0 Å². The Morgan fingerprint density at radius 3 is 2.82 bits per heavy atom. The molecule has 0 aliphatic carbocycles. The molecule has 5 heteroatoms. The second-order valence-corrected chi connectivity index (χ2v) is 4.27. The fraction of sp³-hybridized carbons (Fsp3) is 0.500. The van der Waals surface area contributed by atoms with Gasteiger partial charge in [0.05, 0.1) is 5.56 Å². The lowest BCUT2D eigenvalue weighted by atomic mass is 9.96. The first kappa shape index (κ1) is 12.2. The number of fused-ring (bicyclic) bond motifs is 1. The molecule has 2 nitrogen and oxygen atoms in total. The van der Waals surface area contributed by atoms with E-state index in [4.69, 9.17) is 0 Å². The van der Waals surface area contributed by atoms with E-state index in [1.165, 1.54) is 12.1 Å². The summed E-state index contributed by atoms with van der Waals surface area (Å²) in [5.41, 5.74) is 1.06. The Bertz CT molecular complexity index is 401. The van der Waals surface area contributed by atoms with Gasteiger partial charge < -0.3 is 10.6 Å². The molecular weight excluding hydrogens is 229 g/mol. The zero-order valence-electron chi connectivity index (χ0n) is 9.56. The molecule has 0 bridgehead atoms. The second kappa shape index (κ2) is 4.56. The van der Waals surface area contributed by atoms with Crippen LogP contribution in [0.25, 0.3) is 0 Å². The van der Waals surface area contributed by atoms with Crippen molar-refractivity contribution in [3.8, 4) is 0 Å². The molecule has 0 saturated heterocycles. The molecular formula is C12H15F3N2. The van der Waals surface area contributed by atoms with E-state index in [1.54, 1.807) is 0 Å². The van der Waals surface area contributed by atoms with E-state index in [0.717, 1.165) is 36.8 Å². The number of benzene rings is 1. The van der Waals surface area contributed by atoms with E-state index in [0.29, 0.717) is 0 Å². The first-order valence-corrected chi connectivity index (χ1v) is 5.62. The molecule has 2 N–H and O–H groups in total. The predicted octanol–water partition coefficient (Wildman–Crippen LogP) is 2.82. The number of alkyl halides is 3. The van der Waals surface area contributed by atoms with Crippen molar-refractivity contribution in [2.45, 2.75) is 18.5 Å². The normalized spacial score (nSPS) is 18.9. The van der Waals surface area contributed by atoms with Gasteiger partial charge in [0.2, 0.25) is 0 Å². The van der Waals surface area contributed by atoms with Gasteiger partial charge in [-0.3, -0.25) is 0 Å². The largest absolute Gasteiger partial charge is 0.416 e. The van der Waals surface area contributed by atoms with E-state index in [1.807, 2.05) is 7.05 Å². The average Bonchev–Trinajstić information content (AvgIpc) is 2.67. The van der Waals surface area contributed by atoms with Crippen molar-refractivity contribution in [3.63, 3.8) is 0 Å². The number of hydrogen-bond acceptors (Lipinski definition) is 2. The van der Waals surface area contributed by atoms with Crippen LogP contribution < -0.4 is 10.6 Å². The van der Waals surface area contributed by atoms with Crippen LogP contribution >= 0.6 is 0 Å². The standard InChI is InChI=1S/C12H15F3N2/c1-16-5-4-8-7-17-11-3-2-9(6-10(8)11)12(13,14)15/h2-3,6,8,16-17H,4-5,7H2,1H3. The smallest absolute Gasteiger partial charge is 0.384 e. The number of hydrogen-bond donors (Lipinski definition) is 2. The highest BCUT2D eigenvalue weighted by Gasteiger charge is 2.33. The summed E-state index contributed by atoms with van der Waals surface area (Å²) < 4.78 is 37.8. The van der Waals surface area contributed by atoms with Gasteiger partial charge in [0.15, 0.2) is 0 Å². The molecule has 1 aromatic carbocycles. The zero-order chi connectivity index (χ0) is 12.5. The van der Waals surface area contributed by atoms with Gasteiger partial charge in [0.25, 0.3) is 0 Å². The van der Waals surface area contributed by atoms with Crippen LogP contribution in [0, 0.1) is 0 Å². The number of anilines is 1. The molecule has 17 heavy (non-hydrogen) atoms. The van der Waals surface area contributed by atoms with Crippen molar-refractivity contribution in [3.05, 3.63) is 29.3 Å². The molecule has 0 amide bonds. The van der Waals surface area contributed by atoms with Crippen LogP contribution in [0.15, 0.2) is 18.2 Å². The summed E-state index contributed by atoms with van der Waals surface area (Å²) in [6.07, 6.45) is -3.41. The highest BCUT2D eigenvalue weighted by atomic mass is 19.4. The quantitative estimate of drug-likeness (QED) is 0.854. The SMILES string of the molecule is CNCCC1CNc2ccc(C(F)(F)F)cc21. The van der Waals surface area contributed by atoms with Crippen molar-refractivity contribution >= 4 is 5.69 Å². The van der Waals surface area contributed by atoms with Gasteiger partial charge in [0, 0.05) is 18.2 Å². The molecule has 1 aliphatic heterocycles. The van der Waals surface area contributed by atoms with Gasteiger partial charge in [-0.15, -0.1) is 0 Å². The number of nitrogens with one attached hydrogen (secondary N) is 2. The fourth-order valence-electron chi connectivity index (χ4n) is 2.16. The van der Waals surface area contributed by atoms with Crippen LogP contribution in [-0.4, -0.2) is 20.1 Å². The lowest BCUT2D eigenvalue weighted by molar-refractivity contribution is -0.137. The summed E-state index contributed by atoms with van der Waals surface area (Å²) in [6, 6.07) is 3.93. The Balaban J connectivity index is 2.24. The third kappa shape index (κ3) is 2.54. The second-order valence-electron chi connectivity index (χ2n) is 4.27. The Labute approximate surface area is 98.2 Å². The lowest BCUT2D eigenvalue weighted by Crippen LogP contribution is -2.13. The maximum Gasteiger partial charge on any atom is 0.416 e. The monoisotopic (exact) mass is 244 g/mol. The minimum absolute atomic E-state index is 0.166. The molecule has 94 valence electrons. The van der Waals surface area contributed by atoms with E-state index >= 15 is 0 Å². The molecule has 1 aliphatic rings. The molecule has 0 aromatic heterocycles. The zero-order valence-corrected chi connectivity index (χ0v) is 9.56. The maximum absolute atomic E-state index is 12.6. The molecule has 0 saturated carbocycles.